The van der Waals surface area contributed by atoms with Crippen LogP contribution in [0.5, 0.6) is 0 Å². The van der Waals surface area contributed by atoms with Gasteiger partial charge in [0.1, 0.15) is 5.69 Å². The lowest BCUT2D eigenvalue weighted by atomic mass is 10.3. The summed E-state index contributed by atoms with van der Waals surface area (Å²) >= 11 is 1.60. The fourth-order valence-corrected chi connectivity index (χ4v) is 3.69. The smallest absolute Gasteiger partial charge is 0.391 e. The lowest BCUT2D eigenvalue weighted by molar-refractivity contribution is -0.141. The number of rotatable bonds is 6. The van der Waals surface area contributed by atoms with Gasteiger partial charge in [-0.2, -0.15) is 13.2 Å². The van der Waals surface area contributed by atoms with Crippen LogP contribution in [0.3, 0.4) is 0 Å². The highest BCUT2D eigenvalue weighted by Crippen LogP contribution is 2.28. The van der Waals surface area contributed by atoms with E-state index < -0.39 is 18.0 Å². The number of alkyl halides is 3. The largest absolute Gasteiger partial charge is 0.433 e. The van der Waals surface area contributed by atoms with E-state index in [1.165, 1.54) is 0 Å². The zero-order chi connectivity index (χ0) is 19.3. The molecule has 0 bridgehead atoms. The number of aliphatic hydroxyl groups excluding tert-OH is 1. The molecule has 2 aromatic rings. The molecular weight excluding hydrogens is 377 g/mol. The van der Waals surface area contributed by atoms with Crippen LogP contribution in [-0.2, 0) is 6.18 Å². The third-order valence-electron chi connectivity index (χ3n) is 4.24. The highest BCUT2D eigenvalue weighted by atomic mass is 32.2. The van der Waals surface area contributed by atoms with E-state index >= 15 is 0 Å². The predicted octanol–water partition coefficient (Wildman–Crippen LogP) is 2.77. The molecule has 0 radical (unpaired) electrons. The molecule has 146 valence electrons. The number of benzene rings is 1. The Kier molecular flexibility index (Phi) is 6.56. The number of aliphatic hydroxyl groups is 1. The monoisotopic (exact) mass is 398 g/mol. The van der Waals surface area contributed by atoms with E-state index in [0.717, 1.165) is 17.2 Å². The van der Waals surface area contributed by atoms with Gasteiger partial charge in [0, 0.05) is 49.6 Å². The summed E-state index contributed by atoms with van der Waals surface area (Å²) in [6.07, 6.45) is -3.80. The molecular formula is C18H21F3N4OS. The Bertz CT molecular complexity index is 724. The van der Waals surface area contributed by atoms with Gasteiger partial charge in [-0.3, -0.25) is 4.90 Å². The van der Waals surface area contributed by atoms with Gasteiger partial charge in [-0.05, 0) is 18.2 Å². The molecule has 3 rings (SSSR count). The average molecular weight is 398 g/mol. The Labute approximate surface area is 160 Å². The molecule has 1 aliphatic heterocycles. The third kappa shape index (κ3) is 5.82. The Hall–Kier alpha value is -1.84. The zero-order valence-electron chi connectivity index (χ0n) is 14.6. The molecule has 2 heterocycles. The maximum Gasteiger partial charge on any atom is 0.433 e. The van der Waals surface area contributed by atoms with Gasteiger partial charge in [0.2, 0.25) is 5.95 Å². The fourth-order valence-electron chi connectivity index (χ4n) is 2.85. The molecule has 0 spiro atoms. The molecule has 1 aromatic heterocycles. The minimum Gasteiger partial charge on any atom is -0.391 e. The van der Waals surface area contributed by atoms with Crippen LogP contribution in [0.2, 0.25) is 0 Å². The molecule has 1 fully saturated rings. The standard InChI is InChI=1S/C18H21F3N4OS/c19-18(20,21)16-6-7-22-17(23-16)25-10-8-24(9-11-25)12-14(26)13-27-15-4-2-1-3-5-15/h1-7,14,26H,8-13H2/t14-/m1/s1. The lowest BCUT2D eigenvalue weighted by Crippen LogP contribution is -2.49. The average Bonchev–Trinajstić information content (AvgIpc) is 2.67. The number of halogens is 3. The first-order valence-electron chi connectivity index (χ1n) is 8.65. The quantitative estimate of drug-likeness (QED) is 0.756. The summed E-state index contributed by atoms with van der Waals surface area (Å²) in [6.45, 7) is 2.89. The van der Waals surface area contributed by atoms with Gasteiger partial charge in [0.25, 0.3) is 0 Å². The molecule has 27 heavy (non-hydrogen) atoms. The molecule has 1 aliphatic rings. The van der Waals surface area contributed by atoms with Crippen molar-refractivity contribution in [2.45, 2.75) is 17.2 Å². The van der Waals surface area contributed by atoms with Crippen LogP contribution in [-0.4, -0.2) is 64.6 Å². The van der Waals surface area contributed by atoms with Crippen LogP contribution in [0.1, 0.15) is 5.69 Å². The molecule has 9 heteroatoms. The van der Waals surface area contributed by atoms with Gasteiger partial charge in [-0.25, -0.2) is 9.97 Å². The molecule has 1 aromatic carbocycles. The van der Waals surface area contributed by atoms with Crippen molar-refractivity contribution in [1.29, 1.82) is 0 Å². The van der Waals surface area contributed by atoms with E-state index in [0.29, 0.717) is 38.5 Å². The van der Waals surface area contributed by atoms with Crippen LogP contribution in [0.4, 0.5) is 19.1 Å². The van der Waals surface area contributed by atoms with E-state index in [1.807, 2.05) is 30.3 Å². The maximum atomic E-state index is 12.8. The summed E-state index contributed by atoms with van der Waals surface area (Å²) in [5, 5.41) is 10.2. The van der Waals surface area contributed by atoms with Crippen molar-refractivity contribution in [3.8, 4) is 0 Å². The molecule has 5 nitrogen and oxygen atoms in total. The van der Waals surface area contributed by atoms with Crippen molar-refractivity contribution in [1.82, 2.24) is 14.9 Å². The first-order chi connectivity index (χ1) is 12.9. The topological polar surface area (TPSA) is 52.5 Å². The first kappa shape index (κ1) is 19.9. The van der Waals surface area contributed by atoms with Crippen molar-refractivity contribution in [3.05, 3.63) is 48.3 Å². The minimum atomic E-state index is -4.47. The SMILES string of the molecule is O[C@@H](CSc1ccccc1)CN1CCN(c2nccc(C(F)(F)F)n2)CC1. The van der Waals surface area contributed by atoms with E-state index in [4.69, 9.17) is 0 Å². The maximum absolute atomic E-state index is 12.8. The number of aromatic nitrogens is 2. The van der Waals surface area contributed by atoms with E-state index in [-0.39, 0.29) is 5.95 Å². The number of nitrogens with zero attached hydrogens (tertiary/aromatic N) is 4. The van der Waals surface area contributed by atoms with Crippen molar-refractivity contribution in [3.63, 3.8) is 0 Å². The van der Waals surface area contributed by atoms with Crippen molar-refractivity contribution < 1.29 is 18.3 Å². The molecule has 0 saturated carbocycles. The molecule has 1 atom stereocenters. The highest BCUT2D eigenvalue weighted by molar-refractivity contribution is 7.99. The van der Waals surface area contributed by atoms with Gasteiger partial charge < -0.3 is 10.0 Å². The summed E-state index contributed by atoms with van der Waals surface area (Å²) in [4.78, 5) is 12.6. The normalized spacial score (nSPS) is 17.1. The zero-order valence-corrected chi connectivity index (χ0v) is 15.5. The van der Waals surface area contributed by atoms with Gasteiger partial charge in [-0.15, -0.1) is 11.8 Å². The summed E-state index contributed by atoms with van der Waals surface area (Å²) in [7, 11) is 0. The van der Waals surface area contributed by atoms with Crippen molar-refractivity contribution >= 4 is 17.7 Å². The first-order valence-corrected chi connectivity index (χ1v) is 9.64. The second-order valence-corrected chi connectivity index (χ2v) is 7.40. The molecule has 0 aliphatic carbocycles. The van der Waals surface area contributed by atoms with E-state index in [1.54, 1.807) is 16.7 Å². The van der Waals surface area contributed by atoms with Gasteiger partial charge in [0.05, 0.1) is 6.10 Å². The highest BCUT2D eigenvalue weighted by Gasteiger charge is 2.33. The van der Waals surface area contributed by atoms with Crippen LogP contribution in [0, 0.1) is 0 Å². The predicted molar refractivity (Wildman–Crippen MR) is 98.9 cm³/mol. The van der Waals surface area contributed by atoms with Crippen LogP contribution >= 0.6 is 11.8 Å². The second kappa shape index (κ2) is 8.90. The number of hydrogen-bond donors (Lipinski definition) is 1. The van der Waals surface area contributed by atoms with E-state index in [2.05, 4.69) is 14.9 Å². The molecule has 0 amide bonds. The van der Waals surface area contributed by atoms with Crippen molar-refractivity contribution in [2.24, 2.45) is 0 Å². The fraction of sp³-hybridized carbons (Fsp3) is 0.444. The molecule has 0 unspecified atom stereocenters. The number of anilines is 1. The number of hydrogen-bond acceptors (Lipinski definition) is 6. The third-order valence-corrected chi connectivity index (χ3v) is 5.40. The van der Waals surface area contributed by atoms with Crippen LogP contribution < -0.4 is 4.90 Å². The Morgan fingerprint density at radius 3 is 2.44 bits per heavy atom. The van der Waals surface area contributed by atoms with Gasteiger partial charge >= 0.3 is 6.18 Å². The summed E-state index contributed by atoms with van der Waals surface area (Å²) in [5.41, 5.74) is -0.928. The number of thioether (sulfide) groups is 1. The molecule has 1 N–H and O–H groups in total. The minimum absolute atomic E-state index is 0.102. The lowest BCUT2D eigenvalue weighted by Gasteiger charge is -2.35. The summed E-state index contributed by atoms with van der Waals surface area (Å²) in [6, 6.07) is 10.8. The van der Waals surface area contributed by atoms with Crippen LogP contribution in [0.25, 0.3) is 0 Å². The summed E-state index contributed by atoms with van der Waals surface area (Å²) < 4.78 is 38.4. The van der Waals surface area contributed by atoms with Gasteiger partial charge in [0.15, 0.2) is 0 Å². The van der Waals surface area contributed by atoms with E-state index in [9.17, 15) is 18.3 Å². The molecule has 1 saturated heterocycles. The Morgan fingerprint density at radius 1 is 1.07 bits per heavy atom. The van der Waals surface area contributed by atoms with Gasteiger partial charge in [-0.1, -0.05) is 18.2 Å². The number of β-amino-alcohol motifs (C(OH)–C–C–N with tert-alkyl or cyclic N) is 1. The Morgan fingerprint density at radius 2 is 1.78 bits per heavy atom. The number of piperazine rings is 1. The Balaban J connectivity index is 1.46. The van der Waals surface area contributed by atoms with Crippen LogP contribution in [0.15, 0.2) is 47.5 Å². The van der Waals surface area contributed by atoms with Crippen molar-refractivity contribution in [2.75, 3.05) is 43.4 Å². The second-order valence-electron chi connectivity index (χ2n) is 6.31. The summed E-state index contributed by atoms with van der Waals surface area (Å²) in [5.74, 6) is 0.700.